The summed E-state index contributed by atoms with van der Waals surface area (Å²) in [5.41, 5.74) is 1.04. The monoisotopic (exact) mass is 455 g/mol. The highest BCUT2D eigenvalue weighted by Crippen LogP contribution is 2.28. The molecule has 1 N–H and O–H groups in total. The maximum Gasteiger partial charge on any atom is 0.259 e. The molecule has 0 spiro atoms. The maximum absolute atomic E-state index is 13.4. The molecule has 1 aromatic rings. The normalized spacial score (nSPS) is 21.8. The number of likely N-dealkylation sites (N-methyl/N-ethyl adjacent to an activating group) is 1. The van der Waals surface area contributed by atoms with Crippen LogP contribution in [0.25, 0.3) is 0 Å². The summed E-state index contributed by atoms with van der Waals surface area (Å²) >= 11 is 0. The molecule has 0 unspecified atom stereocenters. The lowest BCUT2D eigenvalue weighted by Gasteiger charge is -2.37. The minimum absolute atomic E-state index is 0.0329. The van der Waals surface area contributed by atoms with E-state index < -0.39 is 0 Å². The highest BCUT2D eigenvalue weighted by atomic mass is 16.5. The van der Waals surface area contributed by atoms with Crippen LogP contribution in [0.5, 0.6) is 5.88 Å². The first-order valence-electron chi connectivity index (χ1n) is 12.1. The molecule has 33 heavy (non-hydrogen) atoms. The molecule has 2 heterocycles. The van der Waals surface area contributed by atoms with Crippen molar-refractivity contribution in [2.45, 2.75) is 71.4 Å². The summed E-state index contributed by atoms with van der Waals surface area (Å²) < 4.78 is 6.22. The third-order valence-corrected chi connectivity index (χ3v) is 6.80. The van der Waals surface area contributed by atoms with Crippen LogP contribution in [-0.4, -0.2) is 70.6 Å². The molecule has 1 aromatic heterocycles. The van der Waals surface area contributed by atoms with Crippen LogP contribution in [0.4, 0.5) is 0 Å². The minimum atomic E-state index is -0.348. The fraction of sp³-hybridized carbons (Fsp3) is 0.654. The third kappa shape index (κ3) is 6.26. The molecule has 0 radical (unpaired) electrons. The Balaban J connectivity index is 1.90. The average Bonchev–Trinajstić information content (AvgIpc) is 3.34. The second kappa shape index (κ2) is 11.5. The Morgan fingerprint density at radius 3 is 2.79 bits per heavy atom. The van der Waals surface area contributed by atoms with Crippen molar-refractivity contribution in [2.75, 3.05) is 26.7 Å². The van der Waals surface area contributed by atoms with E-state index in [9.17, 15) is 14.7 Å². The van der Waals surface area contributed by atoms with E-state index in [4.69, 9.17) is 4.74 Å². The van der Waals surface area contributed by atoms with Gasteiger partial charge in [0, 0.05) is 44.1 Å². The molecular weight excluding hydrogens is 418 g/mol. The van der Waals surface area contributed by atoms with Crippen LogP contribution in [-0.2, 0) is 4.79 Å². The molecule has 3 rings (SSSR count). The van der Waals surface area contributed by atoms with E-state index in [-0.39, 0.29) is 42.4 Å². The zero-order valence-electron chi connectivity index (χ0n) is 20.3. The average molecular weight is 456 g/mol. The molecule has 0 aromatic carbocycles. The number of fused-ring (bicyclic) bond motifs is 1. The first-order chi connectivity index (χ1) is 15.8. The van der Waals surface area contributed by atoms with Crippen LogP contribution in [0.15, 0.2) is 12.3 Å². The minimum Gasteiger partial charge on any atom is -0.472 e. The smallest absolute Gasteiger partial charge is 0.259 e. The second-order valence-electron chi connectivity index (χ2n) is 9.48. The molecule has 7 nitrogen and oxygen atoms in total. The number of carbonyl (C=O) groups is 2. The number of aromatic nitrogens is 1. The Bertz CT molecular complexity index is 901. The number of hydrogen-bond acceptors (Lipinski definition) is 5. The number of nitrogens with zero attached hydrogens (tertiary/aromatic N) is 3. The van der Waals surface area contributed by atoms with Crippen molar-refractivity contribution in [3.63, 3.8) is 0 Å². The molecule has 2 amide bonds. The summed E-state index contributed by atoms with van der Waals surface area (Å²) in [5, 5.41) is 9.78. The van der Waals surface area contributed by atoms with E-state index in [0.717, 1.165) is 6.42 Å². The van der Waals surface area contributed by atoms with Crippen molar-refractivity contribution >= 4 is 11.8 Å². The summed E-state index contributed by atoms with van der Waals surface area (Å²) in [7, 11) is 1.76. The molecule has 1 saturated carbocycles. The van der Waals surface area contributed by atoms with E-state index in [1.807, 2.05) is 20.8 Å². The molecule has 7 heteroatoms. The van der Waals surface area contributed by atoms with Gasteiger partial charge in [-0.2, -0.15) is 0 Å². The maximum atomic E-state index is 13.4. The Kier molecular flexibility index (Phi) is 8.74. The van der Waals surface area contributed by atoms with Gasteiger partial charge in [-0.3, -0.25) is 9.59 Å². The largest absolute Gasteiger partial charge is 0.472 e. The lowest BCUT2D eigenvalue weighted by atomic mass is 9.99. The van der Waals surface area contributed by atoms with Crippen molar-refractivity contribution in [2.24, 2.45) is 11.8 Å². The Labute approximate surface area is 197 Å². The Hall–Kier alpha value is -2.59. The van der Waals surface area contributed by atoms with Crippen LogP contribution in [0.3, 0.4) is 0 Å². The van der Waals surface area contributed by atoms with Gasteiger partial charge in [-0.15, -0.1) is 0 Å². The van der Waals surface area contributed by atoms with E-state index in [1.54, 1.807) is 29.1 Å². The number of rotatable bonds is 6. The quantitative estimate of drug-likeness (QED) is 0.667. The predicted molar refractivity (Wildman–Crippen MR) is 127 cm³/mol. The molecule has 2 aliphatic rings. The van der Waals surface area contributed by atoms with Crippen molar-refractivity contribution < 1.29 is 19.4 Å². The summed E-state index contributed by atoms with van der Waals surface area (Å²) in [6, 6.07) is 1.40. The van der Waals surface area contributed by atoms with Crippen LogP contribution >= 0.6 is 0 Å². The number of aliphatic hydroxyl groups is 1. The highest BCUT2D eigenvalue weighted by molar-refractivity contribution is 5.97. The molecule has 0 saturated heterocycles. The molecule has 1 aliphatic heterocycles. The molecule has 180 valence electrons. The van der Waals surface area contributed by atoms with E-state index >= 15 is 0 Å². The van der Waals surface area contributed by atoms with Gasteiger partial charge in [-0.05, 0) is 31.7 Å². The summed E-state index contributed by atoms with van der Waals surface area (Å²) in [6.45, 7) is 6.32. The van der Waals surface area contributed by atoms with Crippen LogP contribution < -0.4 is 4.74 Å². The van der Waals surface area contributed by atoms with Gasteiger partial charge >= 0.3 is 0 Å². The fourth-order valence-electron chi connectivity index (χ4n) is 4.54. The highest BCUT2D eigenvalue weighted by Gasteiger charge is 2.34. The molecular formula is C26H37N3O4. The van der Waals surface area contributed by atoms with Crippen molar-refractivity contribution in [1.29, 1.82) is 0 Å². The van der Waals surface area contributed by atoms with Gasteiger partial charge in [0.05, 0.1) is 19.2 Å². The SMILES string of the molecule is CCC(=O)N(C)C[C@H]1Oc2ncc(C#CCC3CCCC3)cc2C(=O)N([C@@H](C)CO)C[C@@H]1C. The zero-order valence-corrected chi connectivity index (χ0v) is 20.3. The Morgan fingerprint density at radius 2 is 2.12 bits per heavy atom. The Morgan fingerprint density at radius 1 is 1.39 bits per heavy atom. The summed E-state index contributed by atoms with van der Waals surface area (Å²) in [6.07, 6.45) is 7.66. The topological polar surface area (TPSA) is 83.0 Å². The zero-order chi connectivity index (χ0) is 24.0. The number of hydrogen-bond donors (Lipinski definition) is 1. The lowest BCUT2D eigenvalue weighted by Crippen LogP contribution is -2.50. The van der Waals surface area contributed by atoms with Crippen molar-refractivity contribution in [1.82, 2.24) is 14.8 Å². The van der Waals surface area contributed by atoms with Gasteiger partial charge in [-0.25, -0.2) is 4.98 Å². The summed E-state index contributed by atoms with van der Waals surface area (Å²) in [5.74, 6) is 7.11. The van der Waals surface area contributed by atoms with Gasteiger partial charge in [0.2, 0.25) is 11.8 Å². The standard InChI is InChI=1S/C26H37N3O4/c1-5-24(31)28(4)16-23-18(2)15-29(19(3)17-30)26(32)22-13-21(14-27-25(22)33-23)12-8-11-20-9-6-7-10-20/h13-14,18-20,23,30H,5-7,9-11,15-17H2,1-4H3/t18-,19-,23+/m0/s1. The van der Waals surface area contributed by atoms with E-state index in [1.165, 1.54) is 25.7 Å². The number of ether oxygens (including phenoxy) is 1. The van der Waals surface area contributed by atoms with Crippen LogP contribution in [0.2, 0.25) is 0 Å². The fourth-order valence-corrected chi connectivity index (χ4v) is 4.54. The lowest BCUT2D eigenvalue weighted by molar-refractivity contribution is -0.131. The van der Waals surface area contributed by atoms with Crippen LogP contribution in [0.1, 0.15) is 75.2 Å². The number of aliphatic hydroxyl groups excluding tert-OH is 1. The predicted octanol–water partition coefficient (Wildman–Crippen LogP) is 3.10. The molecule has 1 fully saturated rings. The van der Waals surface area contributed by atoms with Gasteiger partial charge in [0.25, 0.3) is 5.91 Å². The summed E-state index contributed by atoms with van der Waals surface area (Å²) in [4.78, 5) is 33.4. The van der Waals surface area contributed by atoms with Gasteiger partial charge < -0.3 is 19.6 Å². The molecule has 3 atom stereocenters. The van der Waals surface area contributed by atoms with Crippen molar-refractivity contribution in [3.05, 3.63) is 23.4 Å². The van der Waals surface area contributed by atoms with Gasteiger partial charge in [0.15, 0.2) is 0 Å². The second-order valence-corrected chi connectivity index (χ2v) is 9.48. The molecule has 1 aliphatic carbocycles. The van der Waals surface area contributed by atoms with Gasteiger partial charge in [-0.1, -0.05) is 38.5 Å². The van der Waals surface area contributed by atoms with Crippen LogP contribution in [0, 0.1) is 23.7 Å². The van der Waals surface area contributed by atoms with Gasteiger partial charge in [0.1, 0.15) is 11.7 Å². The number of pyridine rings is 1. The number of carbonyl (C=O) groups excluding carboxylic acids is 2. The first-order valence-corrected chi connectivity index (χ1v) is 12.1. The number of amides is 2. The third-order valence-electron chi connectivity index (χ3n) is 6.80. The van der Waals surface area contributed by atoms with E-state index in [0.29, 0.717) is 36.6 Å². The van der Waals surface area contributed by atoms with Crippen molar-refractivity contribution in [3.8, 4) is 17.7 Å². The van der Waals surface area contributed by atoms with E-state index in [2.05, 4.69) is 16.8 Å². The molecule has 0 bridgehead atoms. The first kappa shape index (κ1) is 25.0.